The lowest BCUT2D eigenvalue weighted by Gasteiger charge is -2.11. The molecule has 0 fully saturated rings. The molecule has 0 saturated heterocycles. The molecule has 22 heavy (non-hydrogen) atoms. The van der Waals surface area contributed by atoms with Gasteiger partial charge in [0.25, 0.3) is 0 Å². The van der Waals surface area contributed by atoms with Crippen LogP contribution in [-0.2, 0) is 4.79 Å². The van der Waals surface area contributed by atoms with E-state index in [1.54, 1.807) is 6.07 Å². The molecule has 2 rings (SSSR count). The minimum atomic E-state index is -0.496. The van der Waals surface area contributed by atoms with E-state index in [4.69, 9.17) is 5.73 Å². The van der Waals surface area contributed by atoms with Crippen LogP contribution in [0.1, 0.15) is 30.6 Å². The Kier molecular flexibility index (Phi) is 5.38. The predicted octanol–water partition coefficient (Wildman–Crippen LogP) is 2.34. The largest absolute Gasteiger partial charge is 0.366 e. The first-order chi connectivity index (χ1) is 10.5. The Labute approximate surface area is 133 Å². The molecule has 0 saturated carbocycles. The van der Waals surface area contributed by atoms with Gasteiger partial charge in [-0.1, -0.05) is 36.9 Å². The Hall–Kier alpha value is -2.08. The van der Waals surface area contributed by atoms with Crippen LogP contribution < -0.4 is 11.1 Å². The molecule has 0 aliphatic heterocycles. The summed E-state index contributed by atoms with van der Waals surface area (Å²) < 4.78 is 0. The minimum Gasteiger partial charge on any atom is -0.366 e. The topological polar surface area (TPSA) is 85.1 Å². The van der Waals surface area contributed by atoms with Gasteiger partial charge in [0.05, 0.1) is 21.9 Å². The molecule has 0 aliphatic rings. The molecule has 2 amide bonds. The lowest BCUT2D eigenvalue weighted by atomic mass is 10.1. The van der Waals surface area contributed by atoms with Gasteiger partial charge in [-0.3, -0.25) is 9.59 Å². The minimum absolute atomic E-state index is 0.0464. The Bertz CT molecular complexity index is 703. The number of amides is 2. The van der Waals surface area contributed by atoms with Crippen LogP contribution in [-0.4, -0.2) is 28.6 Å². The van der Waals surface area contributed by atoms with Gasteiger partial charge in [0, 0.05) is 11.4 Å². The van der Waals surface area contributed by atoms with Gasteiger partial charge in [-0.2, -0.15) is 0 Å². The predicted molar refractivity (Wildman–Crippen MR) is 88.9 cm³/mol. The molecule has 0 spiro atoms. The van der Waals surface area contributed by atoms with Gasteiger partial charge in [-0.25, -0.2) is 4.98 Å². The van der Waals surface area contributed by atoms with E-state index in [0.717, 1.165) is 11.8 Å². The smallest absolute Gasteiger partial charge is 0.249 e. The summed E-state index contributed by atoms with van der Waals surface area (Å²) in [6.07, 6.45) is 0.885. The van der Waals surface area contributed by atoms with E-state index in [2.05, 4.69) is 10.3 Å². The second-order valence-corrected chi connectivity index (χ2v) is 6.05. The number of thioether (sulfide) groups is 1. The fraction of sp³-hybridized carbons (Fsp3) is 0.312. The number of rotatable bonds is 6. The van der Waals surface area contributed by atoms with Crippen molar-refractivity contribution in [2.75, 3.05) is 5.75 Å². The molecule has 1 aromatic heterocycles. The van der Waals surface area contributed by atoms with Gasteiger partial charge < -0.3 is 11.1 Å². The molecule has 116 valence electrons. The molecule has 0 unspecified atom stereocenters. The van der Waals surface area contributed by atoms with E-state index in [0.29, 0.717) is 16.1 Å². The molecule has 1 atom stereocenters. The molecule has 0 aliphatic carbocycles. The molecule has 3 N–H and O–H groups in total. The van der Waals surface area contributed by atoms with Crippen LogP contribution in [0.15, 0.2) is 35.4 Å². The average Bonchev–Trinajstić information content (AvgIpc) is 2.51. The third kappa shape index (κ3) is 3.98. The molecule has 6 heteroatoms. The number of primary amides is 1. The maximum atomic E-state index is 11.8. The Morgan fingerprint density at radius 3 is 2.77 bits per heavy atom. The van der Waals surface area contributed by atoms with E-state index in [1.807, 2.05) is 38.1 Å². The van der Waals surface area contributed by atoms with Crippen molar-refractivity contribution in [3.8, 4) is 0 Å². The first-order valence-corrected chi connectivity index (χ1v) is 8.11. The third-order valence-electron chi connectivity index (χ3n) is 3.33. The highest BCUT2D eigenvalue weighted by Gasteiger charge is 2.12. The van der Waals surface area contributed by atoms with Crippen LogP contribution >= 0.6 is 11.8 Å². The average molecular weight is 317 g/mol. The van der Waals surface area contributed by atoms with Crippen molar-refractivity contribution in [3.05, 3.63) is 35.9 Å². The van der Waals surface area contributed by atoms with Crippen molar-refractivity contribution in [3.63, 3.8) is 0 Å². The molecule has 5 nitrogen and oxygen atoms in total. The fourth-order valence-corrected chi connectivity index (χ4v) is 2.71. The molecule has 1 aromatic carbocycles. The zero-order chi connectivity index (χ0) is 16.1. The highest BCUT2D eigenvalue weighted by atomic mass is 32.2. The molecule has 0 radical (unpaired) electrons. The normalized spacial score (nSPS) is 12.1. The van der Waals surface area contributed by atoms with E-state index >= 15 is 0 Å². The summed E-state index contributed by atoms with van der Waals surface area (Å²) in [5.41, 5.74) is 6.56. The number of nitrogens with zero attached hydrogens (tertiary/aromatic N) is 1. The number of nitrogens with one attached hydrogen (secondary N) is 1. The molecular weight excluding hydrogens is 298 g/mol. The van der Waals surface area contributed by atoms with Crippen molar-refractivity contribution in [2.24, 2.45) is 5.73 Å². The van der Waals surface area contributed by atoms with Crippen LogP contribution in [0.2, 0.25) is 0 Å². The van der Waals surface area contributed by atoms with Crippen LogP contribution in [0.4, 0.5) is 0 Å². The van der Waals surface area contributed by atoms with Crippen molar-refractivity contribution < 1.29 is 9.59 Å². The van der Waals surface area contributed by atoms with Gasteiger partial charge >= 0.3 is 0 Å². The van der Waals surface area contributed by atoms with Crippen molar-refractivity contribution in [1.82, 2.24) is 10.3 Å². The van der Waals surface area contributed by atoms with Gasteiger partial charge in [0.15, 0.2) is 0 Å². The highest BCUT2D eigenvalue weighted by Crippen LogP contribution is 2.23. The van der Waals surface area contributed by atoms with Gasteiger partial charge in [0.1, 0.15) is 0 Å². The molecular formula is C16H19N3O2S. The summed E-state index contributed by atoms with van der Waals surface area (Å²) in [6.45, 7) is 3.98. The van der Waals surface area contributed by atoms with Crippen LogP contribution in [0.5, 0.6) is 0 Å². The number of benzene rings is 1. The van der Waals surface area contributed by atoms with E-state index < -0.39 is 5.91 Å². The fourth-order valence-electron chi connectivity index (χ4n) is 1.99. The maximum absolute atomic E-state index is 11.8. The van der Waals surface area contributed by atoms with Crippen LogP contribution in [0.3, 0.4) is 0 Å². The number of hydrogen-bond donors (Lipinski definition) is 2. The lowest BCUT2D eigenvalue weighted by molar-refractivity contribution is -0.119. The Morgan fingerprint density at radius 1 is 1.36 bits per heavy atom. The number of aromatic nitrogens is 1. The summed E-state index contributed by atoms with van der Waals surface area (Å²) in [4.78, 5) is 27.9. The number of fused-ring (bicyclic) bond motifs is 1. The van der Waals surface area contributed by atoms with Gasteiger partial charge in [-0.15, -0.1) is 0 Å². The lowest BCUT2D eigenvalue weighted by Crippen LogP contribution is -2.33. The van der Waals surface area contributed by atoms with E-state index in [9.17, 15) is 9.59 Å². The number of para-hydroxylation sites is 1. The summed E-state index contributed by atoms with van der Waals surface area (Å²) in [5.74, 6) is -0.284. The molecule has 1 heterocycles. The van der Waals surface area contributed by atoms with Crippen molar-refractivity contribution in [2.45, 2.75) is 31.3 Å². The number of carbonyl (C=O) groups is 2. The van der Waals surface area contributed by atoms with E-state index in [1.165, 1.54) is 11.8 Å². The first-order valence-electron chi connectivity index (χ1n) is 7.13. The second-order valence-electron chi connectivity index (χ2n) is 5.05. The maximum Gasteiger partial charge on any atom is 0.249 e. The number of pyridine rings is 1. The molecule has 0 bridgehead atoms. The monoisotopic (exact) mass is 317 g/mol. The quantitative estimate of drug-likeness (QED) is 0.801. The Morgan fingerprint density at radius 2 is 2.09 bits per heavy atom. The highest BCUT2D eigenvalue weighted by molar-refractivity contribution is 7.99. The van der Waals surface area contributed by atoms with Crippen LogP contribution in [0.25, 0.3) is 10.9 Å². The zero-order valence-electron chi connectivity index (χ0n) is 12.6. The van der Waals surface area contributed by atoms with Crippen LogP contribution in [0, 0.1) is 0 Å². The summed E-state index contributed by atoms with van der Waals surface area (Å²) in [6, 6.07) is 9.12. The van der Waals surface area contributed by atoms with Crippen molar-refractivity contribution >= 4 is 34.5 Å². The number of carbonyl (C=O) groups excluding carboxylic acids is 2. The molecule has 2 aromatic rings. The number of hydrogen-bond acceptors (Lipinski definition) is 4. The Balaban J connectivity index is 2.18. The standard InChI is InChI=1S/C16H19N3O2S/c1-3-10(2)18-14(20)9-22-15-8-12(16(17)21)11-6-4-5-7-13(11)19-15/h4-8,10H,3,9H2,1-2H3,(H2,17,21)(H,18,20)/t10-/m1/s1. The second kappa shape index (κ2) is 7.26. The van der Waals surface area contributed by atoms with Crippen molar-refractivity contribution in [1.29, 1.82) is 0 Å². The summed E-state index contributed by atoms with van der Waals surface area (Å²) in [7, 11) is 0. The third-order valence-corrected chi connectivity index (χ3v) is 4.24. The van der Waals surface area contributed by atoms with Gasteiger partial charge in [-0.05, 0) is 25.5 Å². The first kappa shape index (κ1) is 16.3. The number of nitrogens with two attached hydrogens (primary N) is 1. The summed E-state index contributed by atoms with van der Waals surface area (Å²) >= 11 is 1.30. The zero-order valence-corrected chi connectivity index (χ0v) is 13.4. The SMILES string of the molecule is CC[C@@H](C)NC(=O)CSc1cc(C(N)=O)c2ccccc2n1. The van der Waals surface area contributed by atoms with E-state index in [-0.39, 0.29) is 17.7 Å². The van der Waals surface area contributed by atoms with Gasteiger partial charge in [0.2, 0.25) is 11.8 Å². The summed E-state index contributed by atoms with van der Waals surface area (Å²) in [5, 5.41) is 4.24.